The second-order valence-corrected chi connectivity index (χ2v) is 10.4. The highest BCUT2D eigenvalue weighted by Gasteiger charge is 2.39. The lowest BCUT2D eigenvalue weighted by atomic mass is 9.86. The maximum absolute atomic E-state index is 14.0. The molecule has 2 unspecified atom stereocenters. The van der Waals surface area contributed by atoms with E-state index in [0.29, 0.717) is 18.8 Å². The number of fused-ring (bicyclic) bond motifs is 4. The van der Waals surface area contributed by atoms with E-state index in [1.165, 1.54) is 0 Å². The first-order chi connectivity index (χ1) is 16.5. The van der Waals surface area contributed by atoms with Gasteiger partial charge in [-0.15, -0.1) is 0 Å². The third kappa shape index (κ3) is 4.16. The highest BCUT2D eigenvalue weighted by atomic mass is 16.5. The van der Waals surface area contributed by atoms with Gasteiger partial charge in [0.1, 0.15) is 5.82 Å². The van der Waals surface area contributed by atoms with Crippen molar-refractivity contribution < 1.29 is 14.3 Å². The van der Waals surface area contributed by atoms with Gasteiger partial charge in [-0.25, -0.2) is 4.98 Å². The summed E-state index contributed by atoms with van der Waals surface area (Å²) in [7, 11) is 0. The normalized spacial score (nSPS) is 27.9. The number of morpholine rings is 1. The van der Waals surface area contributed by atoms with Crippen molar-refractivity contribution in [3.8, 4) is 0 Å². The topological polar surface area (TPSA) is 66.9 Å². The van der Waals surface area contributed by atoms with E-state index in [0.717, 1.165) is 73.6 Å². The molecular weight excluding hydrogens is 428 g/mol. The Balaban J connectivity index is 1.29. The molecular formula is C27H34N4O3. The Labute approximate surface area is 201 Å². The summed E-state index contributed by atoms with van der Waals surface area (Å²) >= 11 is 0. The predicted molar refractivity (Wildman–Crippen MR) is 133 cm³/mol. The summed E-state index contributed by atoms with van der Waals surface area (Å²) in [6.45, 7) is 6.53. The second kappa shape index (κ2) is 8.86. The number of aromatic nitrogens is 1. The number of rotatable bonds is 4. The predicted octanol–water partition coefficient (Wildman–Crippen LogP) is 4.63. The van der Waals surface area contributed by atoms with Crippen LogP contribution >= 0.6 is 0 Å². The summed E-state index contributed by atoms with van der Waals surface area (Å²) in [6.07, 6.45) is 7.79. The summed E-state index contributed by atoms with van der Waals surface area (Å²) in [6, 6.07) is 10.4. The van der Waals surface area contributed by atoms with Gasteiger partial charge in [0.2, 0.25) is 5.91 Å². The molecule has 7 rings (SSSR count). The van der Waals surface area contributed by atoms with Crippen LogP contribution in [0.5, 0.6) is 0 Å². The molecule has 4 fully saturated rings. The highest BCUT2D eigenvalue weighted by Crippen LogP contribution is 2.41. The number of hydrogen-bond donors (Lipinski definition) is 1. The average molecular weight is 463 g/mol. The van der Waals surface area contributed by atoms with Crippen molar-refractivity contribution in [2.75, 3.05) is 28.2 Å². The second-order valence-electron chi connectivity index (χ2n) is 10.4. The zero-order valence-corrected chi connectivity index (χ0v) is 20.1. The fourth-order valence-electron chi connectivity index (χ4n) is 5.92. The molecule has 1 aliphatic carbocycles. The van der Waals surface area contributed by atoms with Crippen LogP contribution < -0.4 is 15.1 Å². The summed E-state index contributed by atoms with van der Waals surface area (Å²) in [5, 5.41) is 3.50. The SMILES string of the molecule is CC(C)O[C@H]1CC[C@H](C(=O)N2Cc3cccnc3Nc3ccc(N4CC5CC(C4)O5)cc32)CC1. The van der Waals surface area contributed by atoms with Crippen LogP contribution in [0, 0.1) is 5.92 Å². The lowest BCUT2D eigenvalue weighted by Crippen LogP contribution is -2.57. The number of hydrogen-bond acceptors (Lipinski definition) is 6. The molecule has 1 amide bonds. The number of ether oxygens (including phenoxy) is 2. The number of carbonyl (C=O) groups excluding carboxylic acids is 1. The molecule has 2 atom stereocenters. The van der Waals surface area contributed by atoms with Crippen LogP contribution in [0.4, 0.5) is 22.9 Å². The van der Waals surface area contributed by atoms with Gasteiger partial charge >= 0.3 is 0 Å². The summed E-state index contributed by atoms with van der Waals surface area (Å²) in [5.41, 5.74) is 4.08. The van der Waals surface area contributed by atoms with Crippen LogP contribution in [0.2, 0.25) is 0 Å². The van der Waals surface area contributed by atoms with Crippen LogP contribution in [0.1, 0.15) is 51.5 Å². The van der Waals surface area contributed by atoms with Crippen molar-refractivity contribution in [2.45, 2.75) is 76.9 Å². The first-order valence-electron chi connectivity index (χ1n) is 12.8. The molecule has 2 bridgehead atoms. The molecule has 4 aliphatic heterocycles. The maximum Gasteiger partial charge on any atom is 0.230 e. The maximum atomic E-state index is 14.0. The number of piperidine rings is 1. The smallest absolute Gasteiger partial charge is 0.230 e. The number of carbonyl (C=O) groups is 1. The van der Waals surface area contributed by atoms with Gasteiger partial charge in [-0.3, -0.25) is 4.79 Å². The van der Waals surface area contributed by atoms with E-state index in [9.17, 15) is 4.79 Å². The standard InChI is InChI=1S/C27H34N4O3/c1-17(2)33-21-8-5-18(6-9-21)27(32)31-14-19-4-3-11-28-26(19)29-24-10-7-20(12-25(24)31)30-15-22-13-23(16-30)34-22/h3-4,7,10-12,17-18,21-23H,5-6,8-9,13-16H2,1-2H3,(H,28,29)/t18-,21-,22?,23?. The van der Waals surface area contributed by atoms with E-state index < -0.39 is 0 Å². The number of nitrogens with one attached hydrogen (secondary N) is 1. The van der Waals surface area contributed by atoms with E-state index in [4.69, 9.17) is 9.47 Å². The molecule has 5 heterocycles. The van der Waals surface area contributed by atoms with Gasteiger partial charge in [0, 0.05) is 42.9 Å². The molecule has 1 saturated carbocycles. The van der Waals surface area contributed by atoms with E-state index in [-0.39, 0.29) is 24.0 Å². The van der Waals surface area contributed by atoms with Crippen LogP contribution in [-0.2, 0) is 20.8 Å². The molecule has 1 aromatic carbocycles. The van der Waals surface area contributed by atoms with Crippen LogP contribution in [0.15, 0.2) is 36.5 Å². The van der Waals surface area contributed by atoms with E-state index in [2.05, 4.69) is 53.3 Å². The highest BCUT2D eigenvalue weighted by molar-refractivity contribution is 6.00. The van der Waals surface area contributed by atoms with Crippen molar-refractivity contribution in [1.82, 2.24) is 4.98 Å². The van der Waals surface area contributed by atoms with Crippen LogP contribution in [0.25, 0.3) is 0 Å². The van der Waals surface area contributed by atoms with Gasteiger partial charge in [0.25, 0.3) is 0 Å². The molecule has 3 saturated heterocycles. The Bertz CT molecular complexity index is 1050. The molecule has 34 heavy (non-hydrogen) atoms. The summed E-state index contributed by atoms with van der Waals surface area (Å²) < 4.78 is 11.9. The molecule has 180 valence electrons. The Morgan fingerprint density at radius 3 is 2.65 bits per heavy atom. The van der Waals surface area contributed by atoms with Gasteiger partial charge in [-0.2, -0.15) is 0 Å². The molecule has 2 aromatic rings. The van der Waals surface area contributed by atoms with Crippen molar-refractivity contribution in [3.05, 3.63) is 42.1 Å². The van der Waals surface area contributed by atoms with Crippen molar-refractivity contribution >= 4 is 28.8 Å². The molecule has 7 nitrogen and oxygen atoms in total. The molecule has 5 aliphatic rings. The van der Waals surface area contributed by atoms with E-state index in [1.807, 2.05) is 11.0 Å². The van der Waals surface area contributed by atoms with Crippen LogP contribution in [-0.4, -0.2) is 48.4 Å². The van der Waals surface area contributed by atoms with Crippen molar-refractivity contribution in [2.24, 2.45) is 5.92 Å². The zero-order valence-electron chi connectivity index (χ0n) is 20.1. The van der Waals surface area contributed by atoms with Crippen LogP contribution in [0.3, 0.4) is 0 Å². The zero-order chi connectivity index (χ0) is 23.2. The summed E-state index contributed by atoms with van der Waals surface area (Å²) in [4.78, 5) is 22.9. The fraction of sp³-hybridized carbons (Fsp3) is 0.556. The number of benzene rings is 1. The molecule has 0 radical (unpaired) electrons. The first kappa shape index (κ1) is 21.9. The summed E-state index contributed by atoms with van der Waals surface area (Å²) in [5.74, 6) is 1.07. The quantitative estimate of drug-likeness (QED) is 0.715. The molecule has 7 heteroatoms. The number of nitrogens with zero attached hydrogens (tertiary/aromatic N) is 3. The minimum absolute atomic E-state index is 0.0257. The van der Waals surface area contributed by atoms with Gasteiger partial charge in [-0.1, -0.05) is 6.07 Å². The van der Waals surface area contributed by atoms with E-state index in [1.54, 1.807) is 6.20 Å². The monoisotopic (exact) mass is 462 g/mol. The molecule has 1 N–H and O–H groups in total. The van der Waals surface area contributed by atoms with Gasteiger partial charge in [-0.05, 0) is 63.8 Å². The Morgan fingerprint density at radius 1 is 1.15 bits per heavy atom. The minimum Gasteiger partial charge on any atom is -0.376 e. The van der Waals surface area contributed by atoms with Gasteiger partial charge in [0.05, 0.1) is 42.3 Å². The number of amides is 1. The fourth-order valence-corrected chi connectivity index (χ4v) is 5.92. The largest absolute Gasteiger partial charge is 0.376 e. The number of pyridine rings is 1. The third-order valence-electron chi connectivity index (χ3n) is 7.62. The lowest BCUT2D eigenvalue weighted by Gasteiger charge is -2.48. The lowest BCUT2D eigenvalue weighted by molar-refractivity contribution is -0.133. The first-order valence-corrected chi connectivity index (χ1v) is 12.8. The Hall–Kier alpha value is -2.64. The Morgan fingerprint density at radius 2 is 1.91 bits per heavy atom. The minimum atomic E-state index is 0.0257. The molecule has 1 aromatic heterocycles. The van der Waals surface area contributed by atoms with Crippen molar-refractivity contribution in [1.29, 1.82) is 0 Å². The average Bonchev–Trinajstić information content (AvgIpc) is 2.99. The van der Waals surface area contributed by atoms with Gasteiger partial charge < -0.3 is 24.6 Å². The van der Waals surface area contributed by atoms with E-state index >= 15 is 0 Å². The number of anilines is 4. The molecule has 0 spiro atoms. The third-order valence-corrected chi connectivity index (χ3v) is 7.62. The Kier molecular flexibility index (Phi) is 5.70. The van der Waals surface area contributed by atoms with Gasteiger partial charge in [0.15, 0.2) is 0 Å². The van der Waals surface area contributed by atoms with Crippen molar-refractivity contribution in [3.63, 3.8) is 0 Å².